The summed E-state index contributed by atoms with van der Waals surface area (Å²) in [6, 6.07) is 5.70. The van der Waals surface area contributed by atoms with Crippen molar-refractivity contribution in [2.75, 3.05) is 0 Å². The summed E-state index contributed by atoms with van der Waals surface area (Å²) in [4.78, 5) is 21.5. The number of carbonyl (C=O) groups excluding carboxylic acids is 1. The van der Waals surface area contributed by atoms with Crippen LogP contribution in [0.4, 0.5) is 4.79 Å². The highest BCUT2D eigenvalue weighted by atomic mass is 16.6. The predicted molar refractivity (Wildman–Crippen MR) is 92.7 cm³/mol. The van der Waals surface area contributed by atoms with Crippen molar-refractivity contribution in [1.29, 1.82) is 0 Å². The molecule has 1 amide bonds. The van der Waals surface area contributed by atoms with E-state index in [1.165, 1.54) is 0 Å². The van der Waals surface area contributed by atoms with E-state index in [4.69, 9.17) is 9.57 Å². The molecule has 0 aromatic carbocycles. The highest BCUT2D eigenvalue weighted by molar-refractivity contribution is 5.85. The van der Waals surface area contributed by atoms with E-state index in [2.05, 4.69) is 15.5 Å². The summed E-state index contributed by atoms with van der Waals surface area (Å²) in [7, 11) is 0. The molecule has 1 saturated carbocycles. The molecule has 1 aliphatic carbocycles. The Morgan fingerprint density at radius 3 is 2.62 bits per heavy atom. The van der Waals surface area contributed by atoms with Gasteiger partial charge in [-0.25, -0.2) is 4.79 Å². The number of carbonyl (C=O) groups is 1. The van der Waals surface area contributed by atoms with E-state index in [1.54, 1.807) is 6.20 Å². The number of rotatable bonds is 4. The molecule has 2 rings (SSSR count). The number of aromatic nitrogens is 1. The third-order valence-corrected chi connectivity index (χ3v) is 3.87. The van der Waals surface area contributed by atoms with Gasteiger partial charge in [0, 0.05) is 11.7 Å². The molecule has 1 aliphatic rings. The van der Waals surface area contributed by atoms with Gasteiger partial charge in [0.1, 0.15) is 5.60 Å². The first-order valence-corrected chi connectivity index (χ1v) is 8.35. The molecule has 1 heterocycles. The first-order chi connectivity index (χ1) is 11.3. The van der Waals surface area contributed by atoms with Gasteiger partial charge in [-0.05, 0) is 65.5 Å². The Hall–Kier alpha value is -2.11. The lowest BCUT2D eigenvalue weighted by atomic mass is 9.82. The van der Waals surface area contributed by atoms with Gasteiger partial charge in [-0.2, -0.15) is 0 Å². The molecule has 24 heavy (non-hydrogen) atoms. The van der Waals surface area contributed by atoms with Crippen molar-refractivity contribution in [2.24, 2.45) is 5.16 Å². The quantitative estimate of drug-likeness (QED) is 0.850. The molecular formula is C18H27N3O3. The van der Waals surface area contributed by atoms with Crippen molar-refractivity contribution in [2.45, 2.75) is 71.1 Å². The zero-order valence-corrected chi connectivity index (χ0v) is 15.0. The maximum absolute atomic E-state index is 11.9. The summed E-state index contributed by atoms with van der Waals surface area (Å²) in [5, 5.41) is 7.20. The van der Waals surface area contributed by atoms with Crippen LogP contribution in [0.2, 0.25) is 0 Å². The molecule has 1 fully saturated rings. The Balaban J connectivity index is 1.77. The second-order valence-corrected chi connectivity index (χ2v) is 7.44. The number of amides is 1. The summed E-state index contributed by atoms with van der Waals surface area (Å²) in [5.74, 6) is 0. The fraction of sp³-hybridized carbons (Fsp3) is 0.611. The molecular weight excluding hydrogens is 306 g/mol. The van der Waals surface area contributed by atoms with Crippen molar-refractivity contribution >= 4 is 11.8 Å². The van der Waals surface area contributed by atoms with Gasteiger partial charge in [-0.1, -0.05) is 11.2 Å². The van der Waals surface area contributed by atoms with Gasteiger partial charge in [0.25, 0.3) is 0 Å². The summed E-state index contributed by atoms with van der Waals surface area (Å²) in [5.41, 5.74) is 1.13. The summed E-state index contributed by atoms with van der Waals surface area (Å²) in [6.07, 6.45) is 4.61. The van der Waals surface area contributed by atoms with Crippen LogP contribution < -0.4 is 5.32 Å². The lowest BCUT2D eigenvalue weighted by Crippen LogP contribution is -2.50. The minimum atomic E-state index is -0.485. The van der Waals surface area contributed by atoms with E-state index in [0.717, 1.165) is 37.1 Å². The molecule has 0 atom stereocenters. The summed E-state index contributed by atoms with van der Waals surface area (Å²) in [6.45, 7) is 8.00. The standard InChI is InChI=1S/C18H27N3O3/c1-17(2,3)24-16(22)20-18(4)10-8-14(9-11-18)21-23-13-15-7-5-6-12-19-15/h5-7,12H,8-11,13H2,1-4H3,(H,20,22). The lowest BCUT2D eigenvalue weighted by molar-refractivity contribution is 0.0450. The second-order valence-electron chi connectivity index (χ2n) is 7.44. The van der Waals surface area contributed by atoms with Crippen molar-refractivity contribution < 1.29 is 14.4 Å². The topological polar surface area (TPSA) is 72.8 Å². The van der Waals surface area contributed by atoms with E-state index in [9.17, 15) is 4.79 Å². The van der Waals surface area contributed by atoms with Crippen molar-refractivity contribution in [3.63, 3.8) is 0 Å². The van der Waals surface area contributed by atoms with Gasteiger partial charge in [0.2, 0.25) is 0 Å². The number of hydrogen-bond acceptors (Lipinski definition) is 5. The second kappa shape index (κ2) is 7.64. The number of nitrogens with zero attached hydrogens (tertiary/aromatic N) is 2. The number of nitrogens with one attached hydrogen (secondary N) is 1. The van der Waals surface area contributed by atoms with Crippen LogP contribution in [-0.4, -0.2) is 27.9 Å². The number of oxime groups is 1. The van der Waals surface area contributed by atoms with Crippen LogP contribution in [0.1, 0.15) is 59.1 Å². The number of ether oxygens (including phenoxy) is 1. The van der Waals surface area contributed by atoms with E-state index >= 15 is 0 Å². The largest absolute Gasteiger partial charge is 0.444 e. The highest BCUT2D eigenvalue weighted by Gasteiger charge is 2.32. The van der Waals surface area contributed by atoms with Gasteiger partial charge >= 0.3 is 6.09 Å². The smallest absolute Gasteiger partial charge is 0.408 e. The van der Waals surface area contributed by atoms with E-state index in [-0.39, 0.29) is 11.6 Å². The Labute approximate surface area is 143 Å². The Morgan fingerprint density at radius 1 is 1.33 bits per heavy atom. The fourth-order valence-corrected chi connectivity index (χ4v) is 2.53. The molecule has 0 unspecified atom stereocenters. The van der Waals surface area contributed by atoms with E-state index < -0.39 is 5.60 Å². The predicted octanol–water partition coefficient (Wildman–Crippen LogP) is 3.81. The number of hydrogen-bond donors (Lipinski definition) is 1. The van der Waals surface area contributed by atoms with Gasteiger partial charge < -0.3 is 14.9 Å². The normalized spacial score (nSPS) is 21.1. The van der Waals surface area contributed by atoms with E-state index in [0.29, 0.717) is 6.61 Å². The molecule has 6 heteroatoms. The zero-order valence-electron chi connectivity index (χ0n) is 15.0. The Kier molecular flexibility index (Phi) is 5.80. The molecule has 1 aromatic heterocycles. The summed E-state index contributed by atoms with van der Waals surface area (Å²) >= 11 is 0. The van der Waals surface area contributed by atoms with E-state index in [1.807, 2.05) is 45.9 Å². The zero-order chi connectivity index (χ0) is 17.6. The van der Waals surface area contributed by atoms with Crippen LogP contribution in [0, 0.1) is 0 Å². The highest BCUT2D eigenvalue weighted by Crippen LogP contribution is 2.27. The van der Waals surface area contributed by atoms with Crippen LogP contribution >= 0.6 is 0 Å². The molecule has 6 nitrogen and oxygen atoms in total. The van der Waals surface area contributed by atoms with Crippen molar-refractivity contribution in [1.82, 2.24) is 10.3 Å². The van der Waals surface area contributed by atoms with Gasteiger partial charge in [0.15, 0.2) is 6.61 Å². The lowest BCUT2D eigenvalue weighted by Gasteiger charge is -2.35. The third kappa shape index (κ3) is 6.18. The van der Waals surface area contributed by atoms with Gasteiger partial charge in [0.05, 0.1) is 11.4 Å². The number of alkyl carbamates (subject to hydrolysis) is 1. The summed E-state index contributed by atoms with van der Waals surface area (Å²) < 4.78 is 5.33. The molecule has 0 aliphatic heterocycles. The molecule has 0 radical (unpaired) electrons. The first kappa shape index (κ1) is 18.2. The molecule has 0 saturated heterocycles. The van der Waals surface area contributed by atoms with Crippen LogP contribution in [-0.2, 0) is 16.2 Å². The molecule has 0 bridgehead atoms. The minimum absolute atomic E-state index is 0.262. The average molecular weight is 333 g/mol. The molecule has 1 aromatic rings. The van der Waals surface area contributed by atoms with Crippen LogP contribution in [0.25, 0.3) is 0 Å². The van der Waals surface area contributed by atoms with Crippen LogP contribution in [0.3, 0.4) is 0 Å². The Bertz CT molecular complexity index is 569. The number of pyridine rings is 1. The molecule has 132 valence electrons. The Morgan fingerprint density at radius 2 is 2.04 bits per heavy atom. The van der Waals surface area contributed by atoms with Gasteiger partial charge in [-0.3, -0.25) is 4.98 Å². The SMILES string of the molecule is CC1(NC(=O)OC(C)(C)C)CCC(=NOCc2ccccn2)CC1. The van der Waals surface area contributed by atoms with Crippen LogP contribution in [0.5, 0.6) is 0 Å². The fourth-order valence-electron chi connectivity index (χ4n) is 2.53. The van der Waals surface area contributed by atoms with Crippen molar-refractivity contribution in [3.05, 3.63) is 30.1 Å². The van der Waals surface area contributed by atoms with Crippen LogP contribution in [0.15, 0.2) is 29.6 Å². The monoisotopic (exact) mass is 333 g/mol. The third-order valence-electron chi connectivity index (χ3n) is 3.87. The maximum Gasteiger partial charge on any atom is 0.408 e. The average Bonchev–Trinajstić information content (AvgIpc) is 2.48. The van der Waals surface area contributed by atoms with Gasteiger partial charge in [-0.15, -0.1) is 0 Å². The molecule has 0 spiro atoms. The maximum atomic E-state index is 11.9. The first-order valence-electron chi connectivity index (χ1n) is 8.35. The minimum Gasteiger partial charge on any atom is -0.444 e. The van der Waals surface area contributed by atoms with Crippen molar-refractivity contribution in [3.8, 4) is 0 Å². The molecule has 1 N–H and O–H groups in total.